The topological polar surface area (TPSA) is 36.7 Å². The van der Waals surface area contributed by atoms with Crippen molar-refractivity contribution >= 4 is 5.91 Å². The molecule has 0 N–H and O–H groups in total. The molecule has 1 aromatic heterocycles. The van der Waals surface area contributed by atoms with E-state index in [9.17, 15) is 4.79 Å². The van der Waals surface area contributed by atoms with Gasteiger partial charge >= 0.3 is 0 Å². The molecule has 0 radical (unpaired) electrons. The minimum absolute atomic E-state index is 0.0894. The van der Waals surface area contributed by atoms with Gasteiger partial charge < -0.3 is 14.2 Å². The van der Waals surface area contributed by atoms with Gasteiger partial charge in [-0.05, 0) is 57.2 Å². The highest BCUT2D eigenvalue weighted by Gasteiger charge is 2.28. The number of rotatable bonds is 4. The largest absolute Gasteiger partial charge is 0.467 e. The molecule has 0 saturated carbocycles. The van der Waals surface area contributed by atoms with E-state index in [4.69, 9.17) is 4.42 Å². The lowest BCUT2D eigenvalue weighted by Crippen LogP contribution is -2.46. The van der Waals surface area contributed by atoms with Gasteiger partial charge in [-0.15, -0.1) is 0 Å². The lowest BCUT2D eigenvalue weighted by atomic mass is 10.0. The molecule has 1 amide bonds. The first-order valence-corrected chi connectivity index (χ1v) is 7.81. The van der Waals surface area contributed by atoms with Crippen LogP contribution in [-0.4, -0.2) is 41.9 Å². The highest BCUT2D eigenvalue weighted by molar-refractivity contribution is 5.94. The molecule has 116 valence electrons. The van der Waals surface area contributed by atoms with Gasteiger partial charge in [0, 0.05) is 11.6 Å². The van der Waals surface area contributed by atoms with Gasteiger partial charge in [0.25, 0.3) is 5.91 Å². The smallest absolute Gasteiger partial charge is 0.254 e. The van der Waals surface area contributed by atoms with Crippen molar-refractivity contribution in [2.24, 2.45) is 0 Å². The summed E-state index contributed by atoms with van der Waals surface area (Å²) in [5, 5.41) is 0. The number of hydrogen-bond donors (Lipinski definition) is 0. The third-order valence-corrected chi connectivity index (χ3v) is 4.32. The van der Waals surface area contributed by atoms with Crippen molar-refractivity contribution < 1.29 is 9.21 Å². The van der Waals surface area contributed by atoms with Crippen LogP contribution < -0.4 is 0 Å². The zero-order chi connectivity index (χ0) is 15.4. The van der Waals surface area contributed by atoms with Crippen molar-refractivity contribution in [1.29, 1.82) is 0 Å². The number of hydrogen-bond acceptors (Lipinski definition) is 3. The van der Waals surface area contributed by atoms with Gasteiger partial charge in [-0.3, -0.25) is 4.79 Å². The Morgan fingerprint density at radius 3 is 2.55 bits per heavy atom. The summed E-state index contributed by atoms with van der Waals surface area (Å²) in [6, 6.07) is 13.6. The maximum absolute atomic E-state index is 12.9. The average Bonchev–Trinajstić information content (AvgIpc) is 3.07. The van der Waals surface area contributed by atoms with Crippen molar-refractivity contribution in [1.82, 2.24) is 9.80 Å². The minimum atomic E-state index is 0.0894. The van der Waals surface area contributed by atoms with Crippen LogP contribution in [0.5, 0.6) is 0 Å². The maximum atomic E-state index is 12.9. The van der Waals surface area contributed by atoms with Crippen molar-refractivity contribution in [3.8, 4) is 0 Å². The number of amides is 1. The number of likely N-dealkylation sites (tertiary alicyclic amines) is 1. The number of carbonyl (C=O) groups excluding carboxylic acids is 1. The molecule has 1 saturated heterocycles. The van der Waals surface area contributed by atoms with Crippen molar-refractivity contribution in [3.63, 3.8) is 0 Å². The van der Waals surface area contributed by atoms with Crippen LogP contribution >= 0.6 is 0 Å². The Balaban J connectivity index is 1.80. The molecule has 0 spiro atoms. The van der Waals surface area contributed by atoms with Gasteiger partial charge in [0.15, 0.2) is 0 Å². The Morgan fingerprint density at radius 1 is 1.18 bits per heavy atom. The Labute approximate surface area is 131 Å². The predicted octanol–water partition coefficient (Wildman–Crippen LogP) is 3.02. The number of piperidine rings is 1. The fourth-order valence-corrected chi connectivity index (χ4v) is 2.99. The van der Waals surface area contributed by atoms with Gasteiger partial charge in [-0.1, -0.05) is 18.2 Å². The van der Waals surface area contributed by atoms with Crippen LogP contribution in [0.25, 0.3) is 0 Å². The SMILES string of the molecule is CN1CCC(N(Cc2ccco2)C(=O)c2ccccc2)CC1. The molecule has 0 aliphatic carbocycles. The molecular formula is C18H22N2O2. The fourth-order valence-electron chi connectivity index (χ4n) is 2.99. The van der Waals surface area contributed by atoms with E-state index in [1.807, 2.05) is 47.4 Å². The van der Waals surface area contributed by atoms with Crippen molar-refractivity contribution in [2.75, 3.05) is 20.1 Å². The summed E-state index contributed by atoms with van der Waals surface area (Å²) in [5.41, 5.74) is 0.744. The molecule has 1 fully saturated rings. The normalized spacial score (nSPS) is 16.6. The first kappa shape index (κ1) is 14.9. The van der Waals surface area contributed by atoms with Gasteiger partial charge in [-0.2, -0.15) is 0 Å². The maximum Gasteiger partial charge on any atom is 0.254 e. The Morgan fingerprint density at radius 2 is 1.91 bits per heavy atom. The lowest BCUT2D eigenvalue weighted by Gasteiger charge is -2.37. The monoisotopic (exact) mass is 298 g/mol. The lowest BCUT2D eigenvalue weighted by molar-refractivity contribution is 0.0550. The summed E-state index contributed by atoms with van der Waals surface area (Å²) in [5.74, 6) is 0.926. The number of carbonyl (C=O) groups is 1. The molecule has 0 atom stereocenters. The van der Waals surface area contributed by atoms with E-state index >= 15 is 0 Å². The van der Waals surface area contributed by atoms with E-state index in [0.29, 0.717) is 6.54 Å². The summed E-state index contributed by atoms with van der Waals surface area (Å²) < 4.78 is 5.46. The highest BCUT2D eigenvalue weighted by atomic mass is 16.3. The van der Waals surface area contributed by atoms with E-state index in [1.165, 1.54) is 0 Å². The molecule has 4 heteroatoms. The number of nitrogens with zero attached hydrogens (tertiary/aromatic N) is 2. The molecule has 22 heavy (non-hydrogen) atoms. The van der Waals surface area contributed by atoms with E-state index in [1.54, 1.807) is 6.26 Å². The van der Waals surface area contributed by atoms with Crippen LogP contribution in [-0.2, 0) is 6.54 Å². The number of benzene rings is 1. The predicted molar refractivity (Wildman–Crippen MR) is 85.5 cm³/mol. The first-order valence-electron chi connectivity index (χ1n) is 7.81. The Kier molecular flexibility index (Phi) is 4.59. The zero-order valence-electron chi connectivity index (χ0n) is 12.9. The molecule has 2 heterocycles. The molecule has 3 rings (SSSR count). The van der Waals surface area contributed by atoms with Crippen LogP contribution in [0, 0.1) is 0 Å². The molecule has 1 aliphatic rings. The van der Waals surface area contributed by atoms with E-state index in [0.717, 1.165) is 37.3 Å². The van der Waals surface area contributed by atoms with Crippen LogP contribution in [0.15, 0.2) is 53.1 Å². The van der Waals surface area contributed by atoms with Gasteiger partial charge in [0.05, 0.1) is 12.8 Å². The second kappa shape index (κ2) is 6.79. The number of furan rings is 1. The fraction of sp³-hybridized carbons (Fsp3) is 0.389. The van der Waals surface area contributed by atoms with Gasteiger partial charge in [0.2, 0.25) is 0 Å². The van der Waals surface area contributed by atoms with E-state index in [2.05, 4.69) is 11.9 Å². The first-order chi connectivity index (χ1) is 10.7. The summed E-state index contributed by atoms with van der Waals surface area (Å²) in [7, 11) is 2.13. The summed E-state index contributed by atoms with van der Waals surface area (Å²) in [4.78, 5) is 17.2. The molecular weight excluding hydrogens is 276 g/mol. The molecule has 0 bridgehead atoms. The molecule has 0 unspecified atom stereocenters. The van der Waals surface area contributed by atoms with Crippen LogP contribution in [0.1, 0.15) is 29.0 Å². The molecule has 2 aromatic rings. The van der Waals surface area contributed by atoms with Crippen molar-refractivity contribution in [2.45, 2.75) is 25.4 Å². The second-order valence-corrected chi connectivity index (χ2v) is 5.91. The third-order valence-electron chi connectivity index (χ3n) is 4.32. The van der Waals surface area contributed by atoms with Gasteiger partial charge in [0.1, 0.15) is 5.76 Å². The quantitative estimate of drug-likeness (QED) is 0.870. The van der Waals surface area contributed by atoms with Crippen LogP contribution in [0.3, 0.4) is 0 Å². The zero-order valence-corrected chi connectivity index (χ0v) is 12.9. The molecule has 1 aromatic carbocycles. The second-order valence-electron chi connectivity index (χ2n) is 5.91. The molecule has 4 nitrogen and oxygen atoms in total. The van der Waals surface area contributed by atoms with Crippen LogP contribution in [0.4, 0.5) is 0 Å². The Hall–Kier alpha value is -2.07. The summed E-state index contributed by atoms with van der Waals surface area (Å²) >= 11 is 0. The van der Waals surface area contributed by atoms with E-state index in [-0.39, 0.29) is 11.9 Å². The summed E-state index contributed by atoms with van der Waals surface area (Å²) in [6.45, 7) is 2.60. The van der Waals surface area contributed by atoms with Crippen LogP contribution in [0.2, 0.25) is 0 Å². The highest BCUT2D eigenvalue weighted by Crippen LogP contribution is 2.21. The Bertz CT molecular complexity index is 587. The average molecular weight is 298 g/mol. The van der Waals surface area contributed by atoms with Crippen molar-refractivity contribution in [3.05, 3.63) is 60.1 Å². The minimum Gasteiger partial charge on any atom is -0.467 e. The molecule has 1 aliphatic heterocycles. The summed E-state index contributed by atoms with van der Waals surface area (Å²) in [6.07, 6.45) is 3.68. The van der Waals surface area contributed by atoms with E-state index < -0.39 is 0 Å². The standard InChI is InChI=1S/C18H22N2O2/c1-19-11-9-16(10-12-19)20(14-17-8-5-13-22-17)18(21)15-6-3-2-4-7-15/h2-8,13,16H,9-12,14H2,1H3. The van der Waals surface area contributed by atoms with Gasteiger partial charge in [-0.25, -0.2) is 0 Å². The third kappa shape index (κ3) is 3.39.